The summed E-state index contributed by atoms with van der Waals surface area (Å²) in [4.78, 5) is 17.4. The van der Waals surface area contributed by atoms with Crippen LogP contribution >= 0.6 is 27.3 Å². The van der Waals surface area contributed by atoms with Crippen molar-refractivity contribution in [2.75, 3.05) is 46.1 Å². The number of sulfonamides is 1. The quantitative estimate of drug-likeness (QED) is 0.564. The van der Waals surface area contributed by atoms with Crippen molar-refractivity contribution in [2.24, 2.45) is 5.92 Å². The molecular formula is C22H26BrN3O5S2. The zero-order valence-corrected chi connectivity index (χ0v) is 21.3. The van der Waals surface area contributed by atoms with Crippen molar-refractivity contribution in [3.8, 4) is 11.5 Å². The van der Waals surface area contributed by atoms with Gasteiger partial charge in [0.05, 0.1) is 3.79 Å². The minimum atomic E-state index is -3.48. The summed E-state index contributed by atoms with van der Waals surface area (Å²) in [6.45, 7) is 4.90. The van der Waals surface area contributed by atoms with Crippen LogP contribution in [-0.2, 0) is 21.4 Å². The van der Waals surface area contributed by atoms with Crippen LogP contribution in [0.15, 0.2) is 38.3 Å². The number of fused-ring (bicyclic) bond motifs is 1. The van der Waals surface area contributed by atoms with Crippen LogP contribution in [0.4, 0.5) is 0 Å². The first-order chi connectivity index (χ1) is 15.9. The molecule has 11 heteroatoms. The lowest BCUT2D eigenvalue weighted by atomic mass is 9.96. The molecule has 0 bridgehead atoms. The van der Waals surface area contributed by atoms with Crippen LogP contribution in [-0.4, -0.2) is 74.5 Å². The van der Waals surface area contributed by atoms with Gasteiger partial charge in [0.1, 0.15) is 4.21 Å². The lowest BCUT2D eigenvalue weighted by Crippen LogP contribution is -2.51. The average Bonchev–Trinajstić information content (AvgIpc) is 3.48. The molecule has 1 aromatic heterocycles. The molecule has 178 valence electrons. The van der Waals surface area contributed by atoms with E-state index in [2.05, 4.69) is 26.9 Å². The van der Waals surface area contributed by atoms with E-state index in [1.165, 1.54) is 21.2 Å². The largest absolute Gasteiger partial charge is 0.454 e. The summed E-state index contributed by atoms with van der Waals surface area (Å²) >= 11 is 4.55. The van der Waals surface area contributed by atoms with Crippen molar-refractivity contribution in [3.63, 3.8) is 0 Å². The molecule has 0 unspecified atom stereocenters. The Labute approximate surface area is 206 Å². The lowest BCUT2D eigenvalue weighted by molar-refractivity contribution is -0.138. The number of piperazine rings is 1. The molecule has 0 N–H and O–H groups in total. The Morgan fingerprint density at radius 2 is 1.73 bits per heavy atom. The van der Waals surface area contributed by atoms with E-state index < -0.39 is 10.0 Å². The Morgan fingerprint density at radius 3 is 2.42 bits per heavy atom. The first kappa shape index (κ1) is 23.1. The maximum Gasteiger partial charge on any atom is 0.252 e. The van der Waals surface area contributed by atoms with Crippen LogP contribution in [0.5, 0.6) is 11.5 Å². The first-order valence-electron chi connectivity index (χ1n) is 11.1. The summed E-state index contributed by atoms with van der Waals surface area (Å²) in [7, 11) is -3.48. The molecule has 1 amide bonds. The molecule has 0 spiro atoms. The Kier molecular flexibility index (Phi) is 6.67. The summed E-state index contributed by atoms with van der Waals surface area (Å²) in [5.41, 5.74) is 1.17. The van der Waals surface area contributed by atoms with Gasteiger partial charge < -0.3 is 14.4 Å². The van der Waals surface area contributed by atoms with Gasteiger partial charge in [-0.1, -0.05) is 6.07 Å². The number of hydrogen-bond acceptors (Lipinski definition) is 7. The molecule has 5 rings (SSSR count). The fourth-order valence-corrected chi connectivity index (χ4v) is 8.22. The fraction of sp³-hybridized carbons (Fsp3) is 0.500. The highest BCUT2D eigenvalue weighted by Gasteiger charge is 2.35. The van der Waals surface area contributed by atoms with Gasteiger partial charge in [0.2, 0.25) is 12.7 Å². The van der Waals surface area contributed by atoms with E-state index in [1.807, 2.05) is 17.0 Å². The first-order valence-corrected chi connectivity index (χ1v) is 14.1. The van der Waals surface area contributed by atoms with Crippen LogP contribution in [0.25, 0.3) is 0 Å². The van der Waals surface area contributed by atoms with Gasteiger partial charge in [-0.25, -0.2) is 8.42 Å². The van der Waals surface area contributed by atoms with Crippen LogP contribution in [0, 0.1) is 5.92 Å². The number of thiophene rings is 1. The van der Waals surface area contributed by atoms with Crippen molar-refractivity contribution in [2.45, 2.75) is 23.6 Å². The fourth-order valence-electron chi connectivity index (χ4n) is 4.59. The van der Waals surface area contributed by atoms with Gasteiger partial charge in [-0.15, -0.1) is 11.3 Å². The Morgan fingerprint density at radius 1 is 1.00 bits per heavy atom. The molecule has 2 saturated heterocycles. The number of hydrogen-bond donors (Lipinski definition) is 0. The zero-order chi connectivity index (χ0) is 23.0. The predicted molar refractivity (Wildman–Crippen MR) is 128 cm³/mol. The van der Waals surface area contributed by atoms with Crippen LogP contribution < -0.4 is 9.47 Å². The van der Waals surface area contributed by atoms with E-state index in [0.717, 1.165) is 34.9 Å². The lowest BCUT2D eigenvalue weighted by Gasteiger charge is -2.38. The van der Waals surface area contributed by atoms with Gasteiger partial charge in [0, 0.05) is 51.7 Å². The number of carbonyl (C=O) groups excluding carboxylic acids is 1. The Bertz CT molecular complexity index is 1120. The topological polar surface area (TPSA) is 79.4 Å². The average molecular weight is 557 g/mol. The number of halogens is 1. The molecule has 0 saturated carbocycles. The molecule has 4 heterocycles. The third-order valence-electron chi connectivity index (χ3n) is 6.47. The van der Waals surface area contributed by atoms with E-state index in [4.69, 9.17) is 9.47 Å². The van der Waals surface area contributed by atoms with Crippen LogP contribution in [0.3, 0.4) is 0 Å². The summed E-state index contributed by atoms with van der Waals surface area (Å²) < 4.78 is 39.1. The number of carbonyl (C=O) groups is 1. The number of ether oxygens (including phenoxy) is 2. The second-order valence-corrected chi connectivity index (χ2v) is 13.2. The zero-order valence-electron chi connectivity index (χ0n) is 18.1. The van der Waals surface area contributed by atoms with Gasteiger partial charge in [0.25, 0.3) is 10.0 Å². The number of amides is 1. The van der Waals surface area contributed by atoms with Crippen LogP contribution in [0.1, 0.15) is 18.4 Å². The maximum atomic E-state index is 13.1. The van der Waals surface area contributed by atoms with Gasteiger partial charge in [-0.3, -0.25) is 9.69 Å². The molecule has 3 aliphatic heterocycles. The summed E-state index contributed by atoms with van der Waals surface area (Å²) in [6.07, 6.45) is 1.14. The molecule has 0 radical (unpaired) electrons. The van der Waals surface area contributed by atoms with Gasteiger partial charge in [-0.2, -0.15) is 4.31 Å². The van der Waals surface area contributed by atoms with Crippen molar-refractivity contribution >= 4 is 43.2 Å². The van der Waals surface area contributed by atoms with Gasteiger partial charge >= 0.3 is 0 Å². The highest BCUT2D eigenvalue weighted by atomic mass is 79.9. The minimum Gasteiger partial charge on any atom is -0.454 e. The van der Waals surface area contributed by atoms with Crippen molar-refractivity contribution < 1.29 is 22.7 Å². The van der Waals surface area contributed by atoms with Crippen LogP contribution in [0.2, 0.25) is 0 Å². The summed E-state index contributed by atoms with van der Waals surface area (Å²) in [5, 5.41) is 0. The molecule has 0 atom stereocenters. The van der Waals surface area contributed by atoms with E-state index in [-0.39, 0.29) is 18.6 Å². The number of piperidine rings is 1. The SMILES string of the molecule is O=C(C1CCN(S(=O)(=O)c2ccc(Br)s2)CC1)N1CCN(Cc2ccc3c(c2)OCO3)CC1. The third-order valence-corrected chi connectivity index (χ3v) is 10.5. The van der Waals surface area contributed by atoms with E-state index in [1.54, 1.807) is 12.1 Å². The molecule has 2 aromatic rings. The van der Waals surface area contributed by atoms with Crippen molar-refractivity contribution in [3.05, 3.63) is 39.7 Å². The van der Waals surface area contributed by atoms with Crippen molar-refractivity contribution in [1.82, 2.24) is 14.1 Å². The second kappa shape index (κ2) is 9.53. The molecule has 2 fully saturated rings. The predicted octanol–water partition coefficient (Wildman–Crippen LogP) is 2.98. The number of benzene rings is 1. The van der Waals surface area contributed by atoms with E-state index >= 15 is 0 Å². The van der Waals surface area contributed by atoms with E-state index in [0.29, 0.717) is 43.2 Å². The Balaban J connectivity index is 1.11. The molecule has 1 aromatic carbocycles. The third kappa shape index (κ3) is 4.93. The maximum absolute atomic E-state index is 13.1. The highest BCUT2D eigenvalue weighted by molar-refractivity contribution is 9.11. The van der Waals surface area contributed by atoms with E-state index in [9.17, 15) is 13.2 Å². The molecular weight excluding hydrogens is 530 g/mol. The summed E-state index contributed by atoms with van der Waals surface area (Å²) in [6, 6.07) is 9.41. The number of nitrogens with zero attached hydrogens (tertiary/aromatic N) is 3. The standard InChI is InChI=1S/C22H26BrN3O5S2/c23-20-3-4-21(32-20)33(28,29)26-7-5-17(6-8-26)22(27)25-11-9-24(10-12-25)14-16-1-2-18-19(13-16)31-15-30-18/h1-4,13,17H,5-12,14-15H2. The number of rotatable bonds is 5. The Hall–Kier alpha value is -1.66. The highest BCUT2D eigenvalue weighted by Crippen LogP contribution is 2.33. The molecule has 0 aliphatic carbocycles. The smallest absolute Gasteiger partial charge is 0.252 e. The molecule has 3 aliphatic rings. The van der Waals surface area contributed by atoms with Crippen molar-refractivity contribution in [1.29, 1.82) is 0 Å². The molecule has 8 nitrogen and oxygen atoms in total. The normalized spacial score (nSPS) is 20.3. The van der Waals surface area contributed by atoms with Gasteiger partial charge in [-0.05, 0) is 58.6 Å². The van der Waals surface area contributed by atoms with Gasteiger partial charge in [0.15, 0.2) is 11.5 Å². The molecule has 33 heavy (non-hydrogen) atoms. The second-order valence-electron chi connectivity index (χ2n) is 8.53. The minimum absolute atomic E-state index is 0.105. The summed E-state index contributed by atoms with van der Waals surface area (Å²) in [5.74, 6) is 1.64. The monoisotopic (exact) mass is 555 g/mol.